The van der Waals surface area contributed by atoms with Crippen molar-refractivity contribution in [3.63, 3.8) is 0 Å². The van der Waals surface area contributed by atoms with E-state index in [9.17, 15) is 13.2 Å². The van der Waals surface area contributed by atoms with Crippen molar-refractivity contribution in [2.24, 2.45) is 0 Å². The molecule has 2 aromatic rings. The molecule has 3 rings (SSSR count). The van der Waals surface area contributed by atoms with Gasteiger partial charge in [-0.2, -0.15) is 0 Å². The molecule has 0 saturated carbocycles. The molecule has 1 aromatic heterocycles. The number of carbonyl (C=O) groups excluding carboxylic acids is 1. The average Bonchev–Trinajstić information content (AvgIpc) is 3.12. The molecule has 134 valence electrons. The monoisotopic (exact) mass is 363 g/mol. The normalized spacial score (nSPS) is 14.9. The molecule has 1 aliphatic rings. The molecule has 2 N–H and O–H groups in total. The quantitative estimate of drug-likeness (QED) is 0.751. The molecule has 8 heteroatoms. The second-order valence-corrected chi connectivity index (χ2v) is 7.70. The van der Waals surface area contributed by atoms with Gasteiger partial charge in [0.05, 0.1) is 7.11 Å². The first-order valence-electron chi connectivity index (χ1n) is 8.05. The number of methoxy groups -OCH3 is 1. The third kappa shape index (κ3) is 4.09. The number of aromatic amines is 1. The molecule has 0 atom stereocenters. The first-order valence-corrected chi connectivity index (χ1v) is 9.53. The molecule has 0 radical (unpaired) electrons. The fraction of sp³-hybridized carbons (Fsp3) is 0.353. The topological polar surface area (TPSA) is 91.5 Å². The van der Waals surface area contributed by atoms with Crippen LogP contribution >= 0.6 is 0 Å². The Kier molecular flexibility index (Phi) is 5.22. The highest BCUT2D eigenvalue weighted by atomic mass is 32.2. The summed E-state index contributed by atoms with van der Waals surface area (Å²) in [7, 11) is -2.42. The van der Waals surface area contributed by atoms with Crippen LogP contribution in [-0.2, 0) is 27.7 Å². The molecule has 1 aliphatic heterocycles. The molecular formula is C17H21N3O4S. The molecule has 0 saturated heterocycles. The molecule has 0 amide bonds. The van der Waals surface area contributed by atoms with Crippen LogP contribution in [0.5, 0.6) is 0 Å². The van der Waals surface area contributed by atoms with Crippen LogP contribution in [0, 0.1) is 0 Å². The number of esters is 1. The molecule has 2 heterocycles. The third-order valence-electron chi connectivity index (χ3n) is 4.30. The number of rotatable bonds is 6. The number of hydrogen-bond acceptors (Lipinski definition) is 5. The zero-order chi connectivity index (χ0) is 17.9. The fourth-order valence-corrected chi connectivity index (χ4v) is 3.94. The van der Waals surface area contributed by atoms with E-state index in [1.807, 2.05) is 12.1 Å². The van der Waals surface area contributed by atoms with Crippen molar-refractivity contribution >= 4 is 16.0 Å². The molecule has 7 nitrogen and oxygen atoms in total. The lowest BCUT2D eigenvalue weighted by molar-refractivity contribution is 0.0594. The number of fused-ring (bicyclic) bond motifs is 1. The van der Waals surface area contributed by atoms with E-state index in [1.54, 1.807) is 0 Å². The maximum absolute atomic E-state index is 12.3. The van der Waals surface area contributed by atoms with Gasteiger partial charge in [-0.15, -0.1) is 0 Å². The first-order chi connectivity index (χ1) is 12.0. The minimum atomic E-state index is -3.66. The van der Waals surface area contributed by atoms with Crippen molar-refractivity contribution in [2.75, 3.05) is 26.7 Å². The van der Waals surface area contributed by atoms with Gasteiger partial charge in [0.25, 0.3) is 0 Å². The lowest BCUT2D eigenvalue weighted by Gasteiger charge is -2.28. The van der Waals surface area contributed by atoms with E-state index in [2.05, 4.69) is 31.5 Å². The summed E-state index contributed by atoms with van der Waals surface area (Å²) in [6.45, 7) is 2.68. The number of nitrogens with one attached hydrogen (secondary N) is 2. The van der Waals surface area contributed by atoms with Crippen molar-refractivity contribution in [3.8, 4) is 0 Å². The second kappa shape index (κ2) is 7.38. The van der Waals surface area contributed by atoms with Gasteiger partial charge in [-0.3, -0.25) is 4.90 Å². The molecular weight excluding hydrogens is 342 g/mol. The SMILES string of the molecule is COC(=O)c1cc(S(=O)(=O)NCCN2CCc3ccccc3C2)c[nH]1. The van der Waals surface area contributed by atoms with Crippen LogP contribution in [0.1, 0.15) is 21.6 Å². The second-order valence-electron chi connectivity index (χ2n) is 5.93. The summed E-state index contributed by atoms with van der Waals surface area (Å²) in [6, 6.07) is 9.59. The van der Waals surface area contributed by atoms with Crippen molar-refractivity contribution < 1.29 is 17.9 Å². The Bertz CT molecular complexity index is 860. The van der Waals surface area contributed by atoms with E-state index >= 15 is 0 Å². The van der Waals surface area contributed by atoms with Crippen LogP contribution in [-0.4, -0.2) is 51.0 Å². The highest BCUT2D eigenvalue weighted by Gasteiger charge is 2.20. The zero-order valence-electron chi connectivity index (χ0n) is 14.0. The van der Waals surface area contributed by atoms with Crippen molar-refractivity contribution in [1.82, 2.24) is 14.6 Å². The van der Waals surface area contributed by atoms with Gasteiger partial charge in [0, 0.05) is 32.4 Å². The van der Waals surface area contributed by atoms with Crippen molar-refractivity contribution in [2.45, 2.75) is 17.9 Å². The van der Waals surface area contributed by atoms with Crippen LogP contribution in [0.15, 0.2) is 41.4 Å². The fourth-order valence-electron chi connectivity index (χ4n) is 2.92. The highest BCUT2D eigenvalue weighted by molar-refractivity contribution is 7.89. The highest BCUT2D eigenvalue weighted by Crippen LogP contribution is 2.18. The average molecular weight is 363 g/mol. The predicted octanol–water partition coefficient (Wildman–Crippen LogP) is 1.14. The summed E-state index contributed by atoms with van der Waals surface area (Å²) >= 11 is 0. The van der Waals surface area contributed by atoms with Crippen LogP contribution in [0.3, 0.4) is 0 Å². The number of aromatic nitrogens is 1. The van der Waals surface area contributed by atoms with Gasteiger partial charge in [-0.25, -0.2) is 17.9 Å². The molecule has 1 aromatic carbocycles. The number of sulfonamides is 1. The molecule has 0 bridgehead atoms. The molecule has 0 fully saturated rings. The number of H-pyrrole nitrogens is 1. The zero-order valence-corrected chi connectivity index (χ0v) is 14.8. The predicted molar refractivity (Wildman–Crippen MR) is 92.7 cm³/mol. The largest absolute Gasteiger partial charge is 0.464 e. The van der Waals surface area contributed by atoms with Crippen LogP contribution in [0.2, 0.25) is 0 Å². The summed E-state index contributed by atoms with van der Waals surface area (Å²) < 4.78 is 31.7. The van der Waals surface area contributed by atoms with E-state index in [0.29, 0.717) is 13.1 Å². The summed E-state index contributed by atoms with van der Waals surface area (Å²) in [5.74, 6) is -0.603. The Balaban J connectivity index is 1.55. The minimum absolute atomic E-state index is 0.0249. The van der Waals surface area contributed by atoms with Gasteiger partial charge in [-0.1, -0.05) is 24.3 Å². The minimum Gasteiger partial charge on any atom is -0.464 e. The van der Waals surface area contributed by atoms with E-state index in [-0.39, 0.29) is 10.6 Å². The number of benzene rings is 1. The van der Waals surface area contributed by atoms with Gasteiger partial charge >= 0.3 is 5.97 Å². The smallest absolute Gasteiger partial charge is 0.354 e. The Hall–Kier alpha value is -2.16. The Labute approximate surface area is 147 Å². The Morgan fingerprint density at radius 1 is 1.32 bits per heavy atom. The Morgan fingerprint density at radius 3 is 2.84 bits per heavy atom. The third-order valence-corrected chi connectivity index (χ3v) is 5.74. The number of ether oxygens (including phenoxy) is 1. The van der Waals surface area contributed by atoms with Crippen molar-refractivity contribution in [3.05, 3.63) is 53.3 Å². The summed E-state index contributed by atoms with van der Waals surface area (Å²) in [5, 5.41) is 0. The van der Waals surface area contributed by atoms with E-state index < -0.39 is 16.0 Å². The first kappa shape index (κ1) is 17.7. The molecule has 0 unspecified atom stereocenters. The standard InChI is InChI=1S/C17H21N3O4S/c1-24-17(21)16-10-15(11-18-16)25(22,23)19-7-9-20-8-6-13-4-2-3-5-14(13)12-20/h2-5,10-11,18-19H,6-9,12H2,1H3. The van der Waals surface area contributed by atoms with Gasteiger partial charge in [0.15, 0.2) is 0 Å². The lowest BCUT2D eigenvalue weighted by Crippen LogP contribution is -2.37. The number of nitrogens with zero attached hydrogens (tertiary/aromatic N) is 1. The van der Waals surface area contributed by atoms with E-state index in [1.165, 1.54) is 30.5 Å². The maximum atomic E-state index is 12.3. The Morgan fingerprint density at radius 2 is 2.08 bits per heavy atom. The summed E-state index contributed by atoms with van der Waals surface area (Å²) in [6.07, 6.45) is 2.26. The van der Waals surface area contributed by atoms with E-state index in [4.69, 9.17) is 0 Å². The summed E-state index contributed by atoms with van der Waals surface area (Å²) in [4.78, 5) is 16.3. The van der Waals surface area contributed by atoms with Crippen LogP contribution in [0.4, 0.5) is 0 Å². The van der Waals surface area contributed by atoms with Gasteiger partial charge in [0.1, 0.15) is 10.6 Å². The van der Waals surface area contributed by atoms with Crippen LogP contribution in [0.25, 0.3) is 0 Å². The van der Waals surface area contributed by atoms with Gasteiger partial charge in [0.2, 0.25) is 10.0 Å². The van der Waals surface area contributed by atoms with Crippen LogP contribution < -0.4 is 4.72 Å². The molecule has 25 heavy (non-hydrogen) atoms. The van der Waals surface area contributed by atoms with Gasteiger partial charge in [-0.05, 0) is 23.6 Å². The maximum Gasteiger partial charge on any atom is 0.354 e. The van der Waals surface area contributed by atoms with E-state index in [0.717, 1.165) is 19.5 Å². The number of hydrogen-bond donors (Lipinski definition) is 2. The molecule has 0 aliphatic carbocycles. The number of carbonyl (C=O) groups is 1. The van der Waals surface area contributed by atoms with Crippen molar-refractivity contribution in [1.29, 1.82) is 0 Å². The lowest BCUT2D eigenvalue weighted by atomic mass is 10.0. The van der Waals surface area contributed by atoms with Gasteiger partial charge < -0.3 is 9.72 Å². The summed E-state index contributed by atoms with van der Waals surface area (Å²) in [5.41, 5.74) is 2.77. The molecule has 0 spiro atoms.